The molecule has 6 nitrogen and oxygen atoms in total. The SMILES string of the molecule is CN(C)[C@@H]1C[C@@H](C(=O)O)N(Cc2cc(=O)c3ccccc3[nH]2)C1. The lowest BCUT2D eigenvalue weighted by Gasteiger charge is -2.22. The molecular weight excluding hydrogens is 294 g/mol. The van der Waals surface area contributed by atoms with Crippen LogP contribution in [0.1, 0.15) is 12.1 Å². The fraction of sp³-hybridized carbons (Fsp3) is 0.412. The first-order valence-electron chi connectivity index (χ1n) is 7.70. The largest absolute Gasteiger partial charge is 0.480 e. The predicted octanol–water partition coefficient (Wildman–Crippen LogP) is 1.12. The van der Waals surface area contributed by atoms with Crippen LogP contribution in [0.4, 0.5) is 0 Å². The van der Waals surface area contributed by atoms with Crippen molar-refractivity contribution in [2.75, 3.05) is 20.6 Å². The molecule has 0 bridgehead atoms. The molecule has 1 aromatic heterocycles. The zero-order valence-corrected chi connectivity index (χ0v) is 13.3. The lowest BCUT2D eigenvalue weighted by molar-refractivity contribution is -0.142. The third kappa shape index (κ3) is 3.13. The molecule has 122 valence electrons. The van der Waals surface area contributed by atoms with Crippen LogP contribution in [0, 0.1) is 0 Å². The number of nitrogens with one attached hydrogen (secondary N) is 1. The smallest absolute Gasteiger partial charge is 0.320 e. The predicted molar refractivity (Wildman–Crippen MR) is 88.5 cm³/mol. The third-order valence-electron chi connectivity index (χ3n) is 4.56. The van der Waals surface area contributed by atoms with E-state index in [1.165, 1.54) is 0 Å². The number of H-pyrrole nitrogens is 1. The number of aromatic amines is 1. The molecule has 0 saturated carbocycles. The maximum absolute atomic E-state index is 12.2. The van der Waals surface area contributed by atoms with E-state index in [1.54, 1.807) is 12.1 Å². The Bertz CT molecular complexity index is 784. The molecule has 2 aromatic rings. The highest BCUT2D eigenvalue weighted by atomic mass is 16.4. The van der Waals surface area contributed by atoms with E-state index >= 15 is 0 Å². The van der Waals surface area contributed by atoms with Gasteiger partial charge in [-0.1, -0.05) is 12.1 Å². The van der Waals surface area contributed by atoms with Crippen molar-refractivity contribution in [3.63, 3.8) is 0 Å². The first-order chi connectivity index (χ1) is 11.0. The van der Waals surface area contributed by atoms with Crippen molar-refractivity contribution in [1.29, 1.82) is 0 Å². The highest BCUT2D eigenvalue weighted by Crippen LogP contribution is 2.23. The number of pyridine rings is 1. The summed E-state index contributed by atoms with van der Waals surface area (Å²) in [6.45, 7) is 1.11. The number of aliphatic carboxylic acids is 1. The summed E-state index contributed by atoms with van der Waals surface area (Å²) in [4.78, 5) is 30.9. The summed E-state index contributed by atoms with van der Waals surface area (Å²) in [7, 11) is 3.93. The Morgan fingerprint density at radius 2 is 2.13 bits per heavy atom. The lowest BCUT2D eigenvalue weighted by Crippen LogP contribution is -2.36. The van der Waals surface area contributed by atoms with Gasteiger partial charge in [-0.15, -0.1) is 0 Å². The second-order valence-electron chi connectivity index (χ2n) is 6.34. The summed E-state index contributed by atoms with van der Waals surface area (Å²) in [6.07, 6.45) is 0.597. The highest BCUT2D eigenvalue weighted by Gasteiger charge is 2.37. The van der Waals surface area contributed by atoms with Crippen LogP contribution in [0.5, 0.6) is 0 Å². The number of hydrogen-bond donors (Lipinski definition) is 2. The summed E-state index contributed by atoms with van der Waals surface area (Å²) in [5.41, 5.74) is 1.49. The molecule has 3 rings (SSSR count). The van der Waals surface area contributed by atoms with Gasteiger partial charge in [-0.25, -0.2) is 0 Å². The number of likely N-dealkylation sites (N-methyl/N-ethyl adjacent to an activating group) is 1. The Balaban J connectivity index is 1.88. The van der Waals surface area contributed by atoms with E-state index in [9.17, 15) is 14.7 Å². The van der Waals surface area contributed by atoms with E-state index in [0.29, 0.717) is 24.9 Å². The van der Waals surface area contributed by atoms with Gasteiger partial charge < -0.3 is 15.0 Å². The van der Waals surface area contributed by atoms with Gasteiger partial charge in [0.1, 0.15) is 6.04 Å². The summed E-state index contributed by atoms with van der Waals surface area (Å²) in [5.74, 6) is -0.808. The van der Waals surface area contributed by atoms with Gasteiger partial charge in [0.2, 0.25) is 0 Å². The second-order valence-corrected chi connectivity index (χ2v) is 6.34. The number of para-hydroxylation sites is 1. The number of rotatable bonds is 4. The minimum absolute atomic E-state index is 0.0374. The molecule has 2 atom stereocenters. The van der Waals surface area contributed by atoms with Crippen LogP contribution in [0.3, 0.4) is 0 Å². The standard InChI is InChI=1S/C17H21N3O3/c1-19(2)12-8-15(17(22)23)20(10-12)9-11-7-16(21)13-5-3-4-6-14(13)18-11/h3-7,12,15H,8-10H2,1-2H3,(H,18,21)(H,22,23)/t12-,15+/m1/s1. The first-order valence-corrected chi connectivity index (χ1v) is 7.70. The molecule has 0 aliphatic carbocycles. The van der Waals surface area contributed by atoms with E-state index in [0.717, 1.165) is 11.2 Å². The number of likely N-dealkylation sites (tertiary alicyclic amines) is 1. The van der Waals surface area contributed by atoms with Gasteiger partial charge in [-0.05, 0) is 32.6 Å². The van der Waals surface area contributed by atoms with Gasteiger partial charge in [0.05, 0.1) is 0 Å². The molecule has 1 aliphatic rings. The molecule has 1 aromatic carbocycles. The topological polar surface area (TPSA) is 76.6 Å². The molecule has 0 spiro atoms. The van der Waals surface area contributed by atoms with Crippen molar-refractivity contribution in [2.45, 2.75) is 25.0 Å². The fourth-order valence-electron chi connectivity index (χ4n) is 3.24. The van der Waals surface area contributed by atoms with Crippen LogP contribution in [0.25, 0.3) is 10.9 Å². The molecule has 1 aliphatic heterocycles. The Morgan fingerprint density at radius 3 is 2.83 bits per heavy atom. The van der Waals surface area contributed by atoms with E-state index < -0.39 is 12.0 Å². The Hall–Kier alpha value is -2.18. The summed E-state index contributed by atoms with van der Waals surface area (Å²) in [5, 5.41) is 10.1. The Labute approximate surface area is 134 Å². The normalized spacial score (nSPS) is 22.0. The summed E-state index contributed by atoms with van der Waals surface area (Å²) >= 11 is 0. The molecule has 0 unspecified atom stereocenters. The molecule has 1 fully saturated rings. The van der Waals surface area contributed by atoms with Crippen LogP contribution in [-0.2, 0) is 11.3 Å². The maximum Gasteiger partial charge on any atom is 0.320 e. The van der Waals surface area contributed by atoms with Gasteiger partial charge in [-0.2, -0.15) is 0 Å². The van der Waals surface area contributed by atoms with Crippen molar-refractivity contribution >= 4 is 16.9 Å². The van der Waals surface area contributed by atoms with Gasteiger partial charge in [0.15, 0.2) is 5.43 Å². The number of benzene rings is 1. The Kier molecular flexibility index (Phi) is 4.19. The zero-order chi connectivity index (χ0) is 16.6. The first kappa shape index (κ1) is 15.7. The quantitative estimate of drug-likeness (QED) is 0.884. The van der Waals surface area contributed by atoms with Crippen molar-refractivity contribution in [3.05, 3.63) is 46.2 Å². The number of carbonyl (C=O) groups is 1. The highest BCUT2D eigenvalue weighted by molar-refractivity contribution is 5.78. The van der Waals surface area contributed by atoms with Crippen LogP contribution in [0.2, 0.25) is 0 Å². The minimum Gasteiger partial charge on any atom is -0.480 e. The summed E-state index contributed by atoms with van der Waals surface area (Å²) in [6, 6.07) is 8.63. The van der Waals surface area contributed by atoms with Crippen LogP contribution >= 0.6 is 0 Å². The molecule has 6 heteroatoms. The Morgan fingerprint density at radius 1 is 1.39 bits per heavy atom. The number of fused-ring (bicyclic) bond motifs is 1. The van der Waals surface area contributed by atoms with Crippen molar-refractivity contribution in [2.24, 2.45) is 0 Å². The molecule has 2 N–H and O–H groups in total. The summed E-state index contributed by atoms with van der Waals surface area (Å²) < 4.78 is 0. The van der Waals surface area contributed by atoms with Crippen LogP contribution < -0.4 is 5.43 Å². The number of carboxylic acid groups (broad SMARTS) is 1. The molecule has 23 heavy (non-hydrogen) atoms. The van der Waals surface area contributed by atoms with Crippen molar-refractivity contribution in [3.8, 4) is 0 Å². The second kappa shape index (κ2) is 6.14. The lowest BCUT2D eigenvalue weighted by atomic mass is 10.1. The van der Waals surface area contributed by atoms with E-state index in [2.05, 4.69) is 9.88 Å². The van der Waals surface area contributed by atoms with Crippen LogP contribution in [0.15, 0.2) is 35.1 Å². The zero-order valence-electron chi connectivity index (χ0n) is 13.3. The van der Waals surface area contributed by atoms with E-state index in [4.69, 9.17) is 0 Å². The maximum atomic E-state index is 12.2. The molecule has 1 saturated heterocycles. The average molecular weight is 315 g/mol. The number of hydrogen-bond acceptors (Lipinski definition) is 4. The van der Waals surface area contributed by atoms with Crippen LogP contribution in [-0.4, -0.2) is 58.6 Å². The van der Waals surface area contributed by atoms with E-state index in [-0.39, 0.29) is 11.5 Å². The molecular formula is C17H21N3O3. The van der Waals surface area contributed by atoms with Gasteiger partial charge in [0, 0.05) is 41.8 Å². The minimum atomic E-state index is -0.808. The number of aromatic nitrogens is 1. The van der Waals surface area contributed by atoms with Crippen molar-refractivity contribution < 1.29 is 9.90 Å². The van der Waals surface area contributed by atoms with Crippen molar-refractivity contribution in [1.82, 2.24) is 14.8 Å². The molecule has 0 radical (unpaired) electrons. The van der Waals surface area contributed by atoms with Gasteiger partial charge in [0.25, 0.3) is 0 Å². The number of carboxylic acids is 1. The van der Waals surface area contributed by atoms with Gasteiger partial charge >= 0.3 is 5.97 Å². The molecule has 0 amide bonds. The van der Waals surface area contributed by atoms with Gasteiger partial charge in [-0.3, -0.25) is 14.5 Å². The fourth-order valence-corrected chi connectivity index (χ4v) is 3.24. The molecule has 2 heterocycles. The third-order valence-corrected chi connectivity index (χ3v) is 4.56. The monoisotopic (exact) mass is 315 g/mol. The van der Waals surface area contributed by atoms with E-state index in [1.807, 2.05) is 37.2 Å². The average Bonchev–Trinajstić information content (AvgIpc) is 2.91. The number of nitrogens with zero attached hydrogens (tertiary/aromatic N) is 2.